The second-order valence-electron chi connectivity index (χ2n) is 7.97. The highest BCUT2D eigenvalue weighted by Crippen LogP contribution is 2.38. The molecule has 0 saturated carbocycles. The molecule has 6 heteroatoms. The summed E-state index contributed by atoms with van der Waals surface area (Å²) in [5.41, 5.74) is 2.29. The Bertz CT molecular complexity index is 1150. The predicted molar refractivity (Wildman–Crippen MR) is 114 cm³/mol. The highest BCUT2D eigenvalue weighted by molar-refractivity contribution is 5.99. The van der Waals surface area contributed by atoms with Crippen molar-refractivity contribution in [3.05, 3.63) is 81.0 Å². The van der Waals surface area contributed by atoms with Gasteiger partial charge in [-0.25, -0.2) is 4.39 Å². The number of carbonyl (C=O) groups excluding carboxylic acids is 1. The number of amides is 1. The number of hydrogen-bond acceptors (Lipinski definition) is 4. The highest BCUT2D eigenvalue weighted by atomic mass is 19.1. The maximum Gasteiger partial charge on any atom is 0.290 e. The molecule has 0 spiro atoms. The number of benzene rings is 2. The third-order valence-corrected chi connectivity index (χ3v) is 5.63. The largest absolute Gasteiger partial charge is 0.450 e. The number of hydrogen-bond donors (Lipinski definition) is 0. The summed E-state index contributed by atoms with van der Waals surface area (Å²) in [5, 5.41) is 0.475. The van der Waals surface area contributed by atoms with Crippen molar-refractivity contribution in [3.63, 3.8) is 0 Å². The maximum atomic E-state index is 13.5. The van der Waals surface area contributed by atoms with Gasteiger partial charge in [-0.3, -0.25) is 9.59 Å². The van der Waals surface area contributed by atoms with Crippen molar-refractivity contribution in [3.8, 4) is 0 Å². The third-order valence-electron chi connectivity index (χ3n) is 5.63. The quantitative estimate of drug-likeness (QED) is 0.619. The Balaban J connectivity index is 1.88. The number of rotatable bonds is 6. The molecule has 1 atom stereocenters. The van der Waals surface area contributed by atoms with Gasteiger partial charge in [0.1, 0.15) is 11.4 Å². The Labute approximate surface area is 174 Å². The molecule has 5 nitrogen and oxygen atoms in total. The standard InChI is InChI=1S/C24H25FN2O3/c1-4-15-6-11-19-18(14-15)22(28)20-21(16-7-9-17(25)10-8-16)27(13-5-12-26(2)3)24(29)23(20)30-19/h6-11,14,21H,4-5,12-13H2,1-3H3. The van der Waals surface area contributed by atoms with Crippen molar-refractivity contribution < 1.29 is 13.6 Å². The number of carbonyl (C=O) groups is 1. The third kappa shape index (κ3) is 3.52. The van der Waals surface area contributed by atoms with Gasteiger partial charge in [-0.15, -0.1) is 0 Å². The molecule has 0 N–H and O–H groups in total. The molecule has 0 bridgehead atoms. The van der Waals surface area contributed by atoms with Crippen molar-refractivity contribution >= 4 is 16.9 Å². The molecular formula is C24H25FN2O3. The van der Waals surface area contributed by atoms with Gasteiger partial charge < -0.3 is 14.2 Å². The smallest absolute Gasteiger partial charge is 0.290 e. The number of fused-ring (bicyclic) bond motifs is 2. The van der Waals surface area contributed by atoms with Gasteiger partial charge >= 0.3 is 0 Å². The van der Waals surface area contributed by atoms with Crippen molar-refractivity contribution in [2.45, 2.75) is 25.8 Å². The van der Waals surface area contributed by atoms with Crippen molar-refractivity contribution in [1.82, 2.24) is 9.80 Å². The van der Waals surface area contributed by atoms with E-state index in [-0.39, 0.29) is 22.9 Å². The molecule has 30 heavy (non-hydrogen) atoms. The van der Waals surface area contributed by atoms with E-state index >= 15 is 0 Å². The molecule has 4 rings (SSSR count). The molecule has 3 aromatic rings. The van der Waals surface area contributed by atoms with Crippen LogP contribution in [0.1, 0.15) is 46.6 Å². The number of nitrogens with zero attached hydrogens (tertiary/aromatic N) is 2. The zero-order valence-corrected chi connectivity index (χ0v) is 17.4. The SMILES string of the molecule is CCc1ccc2oc3c(c(=O)c2c1)C(c1ccc(F)cc1)N(CCCN(C)C)C3=O. The first kappa shape index (κ1) is 20.3. The van der Waals surface area contributed by atoms with E-state index in [1.165, 1.54) is 12.1 Å². The van der Waals surface area contributed by atoms with E-state index in [4.69, 9.17) is 4.42 Å². The molecule has 0 fully saturated rings. The van der Waals surface area contributed by atoms with Crippen LogP contribution in [-0.4, -0.2) is 42.9 Å². The van der Waals surface area contributed by atoms with E-state index < -0.39 is 6.04 Å². The van der Waals surface area contributed by atoms with Crippen LogP contribution < -0.4 is 5.43 Å². The average molecular weight is 408 g/mol. The average Bonchev–Trinajstić information content (AvgIpc) is 3.00. The minimum atomic E-state index is -0.582. The summed E-state index contributed by atoms with van der Waals surface area (Å²) in [6.45, 7) is 3.30. The first-order chi connectivity index (χ1) is 14.4. The minimum absolute atomic E-state index is 0.0935. The second kappa shape index (κ2) is 8.03. The normalized spacial score (nSPS) is 16.0. The summed E-state index contributed by atoms with van der Waals surface area (Å²) in [6, 6.07) is 10.9. The summed E-state index contributed by atoms with van der Waals surface area (Å²) in [4.78, 5) is 30.5. The molecule has 1 amide bonds. The van der Waals surface area contributed by atoms with Crippen LogP contribution in [0, 0.1) is 5.82 Å². The van der Waals surface area contributed by atoms with Gasteiger partial charge in [0.25, 0.3) is 5.91 Å². The molecular weight excluding hydrogens is 383 g/mol. The Hall–Kier alpha value is -2.99. The fraction of sp³-hybridized carbons (Fsp3) is 0.333. The zero-order valence-electron chi connectivity index (χ0n) is 17.4. The van der Waals surface area contributed by atoms with Gasteiger partial charge in [0.15, 0.2) is 5.43 Å². The number of halogens is 1. The lowest BCUT2D eigenvalue weighted by Gasteiger charge is -2.25. The highest BCUT2D eigenvalue weighted by Gasteiger charge is 2.42. The van der Waals surface area contributed by atoms with E-state index in [0.29, 0.717) is 28.6 Å². The molecule has 2 heterocycles. The first-order valence-electron chi connectivity index (χ1n) is 10.2. The Morgan fingerprint density at radius 2 is 1.83 bits per heavy atom. The van der Waals surface area contributed by atoms with Crippen LogP contribution in [0.3, 0.4) is 0 Å². The Morgan fingerprint density at radius 3 is 2.50 bits per heavy atom. The summed E-state index contributed by atoms with van der Waals surface area (Å²) in [7, 11) is 3.95. The van der Waals surface area contributed by atoms with Crippen LogP contribution in [-0.2, 0) is 6.42 Å². The Morgan fingerprint density at radius 1 is 1.10 bits per heavy atom. The van der Waals surface area contributed by atoms with Crippen LogP contribution in [0.5, 0.6) is 0 Å². The Kier molecular flexibility index (Phi) is 5.43. The van der Waals surface area contributed by atoms with Crippen LogP contribution in [0.25, 0.3) is 11.0 Å². The van der Waals surface area contributed by atoms with Crippen LogP contribution in [0.15, 0.2) is 51.7 Å². The topological polar surface area (TPSA) is 53.8 Å². The van der Waals surface area contributed by atoms with Crippen LogP contribution >= 0.6 is 0 Å². The van der Waals surface area contributed by atoms with E-state index in [9.17, 15) is 14.0 Å². The van der Waals surface area contributed by atoms with E-state index in [1.54, 1.807) is 23.1 Å². The summed E-state index contributed by atoms with van der Waals surface area (Å²) in [5.74, 6) is -0.562. The minimum Gasteiger partial charge on any atom is -0.450 e. The lowest BCUT2D eigenvalue weighted by Crippen LogP contribution is -2.32. The monoisotopic (exact) mass is 408 g/mol. The van der Waals surface area contributed by atoms with Crippen molar-refractivity contribution in [2.24, 2.45) is 0 Å². The number of aryl methyl sites for hydroxylation is 1. The zero-order chi connectivity index (χ0) is 21.4. The molecule has 2 aromatic carbocycles. The fourth-order valence-corrected chi connectivity index (χ4v) is 4.07. The first-order valence-corrected chi connectivity index (χ1v) is 10.2. The van der Waals surface area contributed by atoms with Crippen molar-refractivity contribution in [1.29, 1.82) is 0 Å². The van der Waals surface area contributed by atoms with Crippen LogP contribution in [0.4, 0.5) is 4.39 Å². The molecule has 0 radical (unpaired) electrons. The van der Waals surface area contributed by atoms with Gasteiger partial charge in [0, 0.05) is 6.54 Å². The lowest BCUT2D eigenvalue weighted by molar-refractivity contribution is 0.0722. The van der Waals surface area contributed by atoms with Gasteiger partial charge in [-0.2, -0.15) is 0 Å². The molecule has 1 unspecified atom stereocenters. The lowest BCUT2D eigenvalue weighted by atomic mass is 9.98. The molecule has 0 aliphatic carbocycles. The predicted octanol–water partition coefficient (Wildman–Crippen LogP) is 3.99. The fourth-order valence-electron chi connectivity index (χ4n) is 4.07. The van der Waals surface area contributed by atoms with Gasteiger partial charge in [0.2, 0.25) is 5.76 Å². The van der Waals surface area contributed by atoms with Crippen molar-refractivity contribution in [2.75, 3.05) is 27.2 Å². The molecule has 1 aliphatic rings. The van der Waals surface area contributed by atoms with Gasteiger partial charge in [-0.1, -0.05) is 25.1 Å². The van der Waals surface area contributed by atoms with E-state index in [2.05, 4.69) is 0 Å². The van der Waals surface area contributed by atoms with Gasteiger partial charge in [0.05, 0.1) is 17.0 Å². The van der Waals surface area contributed by atoms with Gasteiger partial charge in [-0.05, 0) is 68.9 Å². The molecule has 1 aliphatic heterocycles. The molecule has 1 aromatic heterocycles. The second-order valence-corrected chi connectivity index (χ2v) is 7.97. The summed E-state index contributed by atoms with van der Waals surface area (Å²) >= 11 is 0. The summed E-state index contributed by atoms with van der Waals surface area (Å²) in [6.07, 6.45) is 1.54. The molecule has 0 saturated heterocycles. The summed E-state index contributed by atoms with van der Waals surface area (Å²) < 4.78 is 19.5. The maximum absolute atomic E-state index is 13.5. The van der Waals surface area contributed by atoms with E-state index in [1.807, 2.05) is 38.1 Å². The molecule has 156 valence electrons. The van der Waals surface area contributed by atoms with Crippen LogP contribution in [0.2, 0.25) is 0 Å². The van der Waals surface area contributed by atoms with E-state index in [0.717, 1.165) is 24.9 Å².